The number of nitrogens with zero attached hydrogens (tertiary/aromatic N) is 2. The number of pyridine rings is 1. The third kappa shape index (κ3) is 9.03. The number of hydrogen-bond donors (Lipinski definition) is 2. The molecule has 1 aromatic heterocycles. The van der Waals surface area contributed by atoms with Crippen molar-refractivity contribution in [1.29, 1.82) is 0 Å². The molecule has 306 valence electrons. The van der Waals surface area contributed by atoms with Gasteiger partial charge in [-0.05, 0) is 119 Å². The molecule has 0 aliphatic carbocycles. The van der Waals surface area contributed by atoms with E-state index in [1.54, 1.807) is 6.20 Å². The number of hydrogen-bond acceptors (Lipinski definition) is 7. The fourth-order valence-corrected chi connectivity index (χ4v) is 8.37. The normalized spacial score (nSPS) is 16.9. The van der Waals surface area contributed by atoms with Gasteiger partial charge in [0.25, 0.3) is 0 Å². The van der Waals surface area contributed by atoms with Crippen LogP contribution in [-0.2, 0) is 35.6 Å². The molecule has 9 nitrogen and oxygen atoms in total. The van der Waals surface area contributed by atoms with Crippen molar-refractivity contribution in [3.8, 4) is 28.4 Å². The van der Waals surface area contributed by atoms with Crippen LogP contribution < -0.4 is 19.5 Å². The zero-order chi connectivity index (χ0) is 41.8. The van der Waals surface area contributed by atoms with Crippen molar-refractivity contribution in [2.45, 2.75) is 77.4 Å². The molecule has 2 aliphatic rings. The molecule has 10 heteroatoms. The topological polar surface area (TPSA) is 110 Å². The maximum atomic E-state index is 14.4. The Morgan fingerprint density at radius 2 is 1.62 bits per heavy atom. The monoisotopic (exact) mass is 821 g/mol. The van der Waals surface area contributed by atoms with Crippen LogP contribution in [-0.4, -0.2) is 45.6 Å². The van der Waals surface area contributed by atoms with Gasteiger partial charge in [0.2, 0.25) is 5.91 Å². The lowest BCUT2D eigenvalue weighted by atomic mass is 9.89. The average molecular weight is 822 g/mol. The molecule has 0 saturated heterocycles. The zero-order valence-corrected chi connectivity index (χ0v) is 34.7. The number of nitrogens with one attached hydrogen (secondary N) is 1. The number of ether oxygens (including phenoxy) is 3. The molecule has 0 spiro atoms. The van der Waals surface area contributed by atoms with Crippen LogP contribution in [0.3, 0.4) is 0 Å². The summed E-state index contributed by atoms with van der Waals surface area (Å²) in [7, 11) is 0. The van der Waals surface area contributed by atoms with Gasteiger partial charge in [-0.3, -0.25) is 14.7 Å². The van der Waals surface area contributed by atoms with Crippen molar-refractivity contribution in [3.05, 3.63) is 177 Å². The van der Waals surface area contributed by atoms with Gasteiger partial charge >= 0.3 is 5.97 Å². The minimum Gasteiger partial charge on any atom is -0.489 e. The first-order valence-corrected chi connectivity index (χ1v) is 20.8. The van der Waals surface area contributed by atoms with Gasteiger partial charge in [0.05, 0.1) is 6.04 Å². The molecule has 6 aromatic rings. The largest absolute Gasteiger partial charge is 0.489 e. The van der Waals surface area contributed by atoms with E-state index in [4.69, 9.17) is 25.8 Å². The van der Waals surface area contributed by atoms with Crippen LogP contribution in [0.2, 0.25) is 5.02 Å². The summed E-state index contributed by atoms with van der Waals surface area (Å²) in [6.45, 7) is 7.36. The Hall–Kier alpha value is -6.16. The van der Waals surface area contributed by atoms with Crippen LogP contribution in [0, 0.1) is 13.8 Å². The van der Waals surface area contributed by atoms with Crippen LogP contribution in [0.25, 0.3) is 11.1 Å². The molecule has 2 aliphatic heterocycles. The van der Waals surface area contributed by atoms with E-state index in [9.17, 15) is 14.7 Å². The van der Waals surface area contributed by atoms with Crippen molar-refractivity contribution in [3.63, 3.8) is 0 Å². The summed E-state index contributed by atoms with van der Waals surface area (Å²) in [5.41, 5.74) is 10.1. The Kier molecular flexibility index (Phi) is 12.2. The fraction of sp³-hybridized carbons (Fsp3) is 0.260. The lowest BCUT2D eigenvalue weighted by Gasteiger charge is -2.42. The third-order valence-electron chi connectivity index (χ3n) is 11.7. The van der Waals surface area contributed by atoms with Crippen molar-refractivity contribution >= 4 is 23.5 Å². The molecule has 0 unspecified atom stereocenters. The van der Waals surface area contributed by atoms with Gasteiger partial charge in [0.15, 0.2) is 17.6 Å². The quantitative estimate of drug-likeness (QED) is 0.119. The standard InChI is InChI=1S/C50H48ClN3O6/c1-4-44(36-8-6-5-7-9-36)54-28-39-27-47-46(59-30-48(60-47)37-16-20-41(21-17-37)58-29-34-12-18-40(51)19-13-34)26-38(39)25-45(54)49(55)53-43(50(56)57)24-33-10-14-35(15-11-33)42-22-23-52-32(3)31(42)2/h5-23,26-27,43-45,48H,4,24-25,28-30H2,1-3H3,(H,53,55)(H,56,57)/t43-,44-,45-,48+/m0/s1. The van der Waals surface area contributed by atoms with Crippen LogP contribution in [0.5, 0.6) is 17.2 Å². The van der Waals surface area contributed by atoms with Gasteiger partial charge in [-0.25, -0.2) is 4.79 Å². The Morgan fingerprint density at radius 1 is 0.900 bits per heavy atom. The van der Waals surface area contributed by atoms with Crippen LogP contribution >= 0.6 is 11.6 Å². The number of carboxylic acid groups (broad SMARTS) is 1. The van der Waals surface area contributed by atoms with Gasteiger partial charge in [-0.2, -0.15) is 0 Å². The van der Waals surface area contributed by atoms with E-state index < -0.39 is 18.1 Å². The Balaban J connectivity index is 0.996. The number of rotatable bonds is 13. The summed E-state index contributed by atoms with van der Waals surface area (Å²) >= 11 is 6.02. The highest BCUT2D eigenvalue weighted by Gasteiger charge is 2.39. The van der Waals surface area contributed by atoms with E-state index in [1.165, 1.54) is 0 Å². The number of aryl methyl sites for hydroxylation is 1. The maximum Gasteiger partial charge on any atom is 0.326 e. The van der Waals surface area contributed by atoms with Crippen LogP contribution in [0.1, 0.15) is 70.1 Å². The first-order valence-electron chi connectivity index (χ1n) is 20.4. The Morgan fingerprint density at radius 3 is 2.33 bits per heavy atom. The first-order chi connectivity index (χ1) is 29.1. The fourth-order valence-electron chi connectivity index (χ4n) is 8.25. The SMILES string of the molecule is CC[C@@H](c1ccccc1)N1Cc2cc3c(cc2C[C@H]1C(=O)N[C@@H](Cc1ccc(-c2ccnc(C)c2C)cc1)C(=O)O)OC[C@H](c1ccc(OCc2ccc(Cl)cc2)cc1)O3. The highest BCUT2D eigenvalue weighted by atomic mass is 35.5. The molecule has 4 atom stereocenters. The minimum absolute atomic E-state index is 0.0902. The zero-order valence-electron chi connectivity index (χ0n) is 33.9. The number of carboxylic acids is 1. The highest BCUT2D eigenvalue weighted by Crippen LogP contribution is 2.42. The highest BCUT2D eigenvalue weighted by molar-refractivity contribution is 6.30. The second-order valence-electron chi connectivity index (χ2n) is 15.6. The second-order valence-corrected chi connectivity index (χ2v) is 16.0. The van der Waals surface area contributed by atoms with Crippen LogP contribution in [0.4, 0.5) is 0 Å². The van der Waals surface area contributed by atoms with E-state index in [1.807, 2.05) is 123 Å². The summed E-state index contributed by atoms with van der Waals surface area (Å²) < 4.78 is 18.9. The first kappa shape index (κ1) is 40.6. The molecule has 1 amide bonds. The van der Waals surface area contributed by atoms with Crippen LogP contribution in [0.15, 0.2) is 128 Å². The molecule has 8 rings (SSSR count). The number of halogens is 1. The van der Waals surface area contributed by atoms with E-state index >= 15 is 0 Å². The van der Waals surface area contributed by atoms with Crippen molar-refractivity contribution in [2.24, 2.45) is 0 Å². The lowest BCUT2D eigenvalue weighted by molar-refractivity contribution is -0.143. The molecule has 0 saturated carbocycles. The molecular weight excluding hydrogens is 774 g/mol. The number of fused-ring (bicyclic) bond motifs is 2. The molecule has 2 N–H and O–H groups in total. The number of benzene rings is 5. The predicted molar refractivity (Wildman–Crippen MR) is 232 cm³/mol. The van der Waals surface area contributed by atoms with Gasteiger partial charge in [0, 0.05) is 35.9 Å². The van der Waals surface area contributed by atoms with E-state index in [-0.39, 0.29) is 24.5 Å². The third-order valence-corrected chi connectivity index (χ3v) is 12.0. The number of aromatic nitrogens is 1. The number of aliphatic carboxylic acids is 1. The van der Waals surface area contributed by atoms with Gasteiger partial charge in [-0.15, -0.1) is 0 Å². The Bertz CT molecular complexity index is 2460. The van der Waals surface area contributed by atoms with Gasteiger partial charge < -0.3 is 24.6 Å². The maximum absolute atomic E-state index is 14.4. The Labute approximate surface area is 355 Å². The molecule has 3 heterocycles. The summed E-state index contributed by atoms with van der Waals surface area (Å²) in [6, 6.07) is 37.6. The molecule has 60 heavy (non-hydrogen) atoms. The molecule has 5 aromatic carbocycles. The van der Waals surface area contributed by atoms with E-state index in [0.29, 0.717) is 42.7 Å². The van der Waals surface area contributed by atoms with Crippen molar-refractivity contribution in [2.75, 3.05) is 6.61 Å². The van der Waals surface area contributed by atoms with E-state index in [2.05, 4.69) is 34.3 Å². The summed E-state index contributed by atoms with van der Waals surface area (Å²) in [6.07, 6.45) is 2.76. The van der Waals surface area contributed by atoms with E-state index in [0.717, 1.165) is 67.9 Å². The minimum atomic E-state index is -1.12. The average Bonchev–Trinajstić information content (AvgIpc) is 3.27. The summed E-state index contributed by atoms with van der Waals surface area (Å²) in [5.74, 6) is 0.616. The summed E-state index contributed by atoms with van der Waals surface area (Å²) in [4.78, 5) is 33.7. The van der Waals surface area contributed by atoms with Crippen molar-refractivity contribution in [1.82, 2.24) is 15.2 Å². The molecular formula is C50H48ClN3O6. The summed E-state index contributed by atoms with van der Waals surface area (Å²) in [5, 5.41) is 14.0. The molecule has 0 bridgehead atoms. The predicted octanol–water partition coefficient (Wildman–Crippen LogP) is 9.80. The number of carbonyl (C=O) groups excluding carboxylic acids is 1. The second kappa shape index (κ2) is 18.0. The lowest BCUT2D eigenvalue weighted by Crippen LogP contribution is -2.55. The smallest absolute Gasteiger partial charge is 0.326 e. The molecule has 0 fully saturated rings. The number of amides is 1. The molecule has 0 radical (unpaired) electrons. The van der Waals surface area contributed by atoms with Gasteiger partial charge in [0.1, 0.15) is 25.0 Å². The van der Waals surface area contributed by atoms with Gasteiger partial charge in [-0.1, -0.05) is 97.4 Å². The van der Waals surface area contributed by atoms with Crippen molar-refractivity contribution < 1.29 is 28.9 Å². The number of carbonyl (C=O) groups is 2.